The van der Waals surface area contributed by atoms with Gasteiger partial charge in [0.1, 0.15) is 6.54 Å². The summed E-state index contributed by atoms with van der Waals surface area (Å²) < 4.78 is 22.5. The number of carbonyl (C=O) groups is 2. The minimum absolute atomic E-state index is 0.211. The third-order valence-corrected chi connectivity index (χ3v) is 9.47. The monoisotopic (exact) mass is 443 g/mol. The number of benzene rings is 2. The number of aliphatic imine (C=N–C) groups is 1. The van der Waals surface area contributed by atoms with Crippen LogP contribution in [0.1, 0.15) is 22.8 Å². The number of thioether (sulfide) groups is 1. The largest absolute Gasteiger partial charge is 0.465 e. The van der Waals surface area contributed by atoms with Gasteiger partial charge in [0.05, 0.1) is 24.4 Å². The normalized spacial score (nSPS) is 21.9. The molecule has 2 heterocycles. The molecule has 1 fully saturated rings. The topological polar surface area (TPSA) is 79.3 Å². The lowest BCUT2D eigenvalue weighted by Gasteiger charge is -2.46. The molecule has 0 aliphatic carbocycles. The number of anilines is 1. The molecule has 1 atom stereocenters. The average Bonchev–Trinajstić information content (AvgIpc) is 2.76. The molecule has 2 aliphatic rings. The number of rotatable bonds is 5. The molecule has 0 spiro atoms. The molecule has 0 bridgehead atoms. The van der Waals surface area contributed by atoms with Crippen LogP contribution in [0.3, 0.4) is 0 Å². The van der Waals surface area contributed by atoms with E-state index in [9.17, 15) is 14.2 Å². The Bertz CT molecular complexity index is 1040. The average molecular weight is 443 g/mol. The maximum atomic E-state index is 14.5. The molecule has 0 saturated carbocycles. The van der Waals surface area contributed by atoms with Crippen LogP contribution in [0.4, 0.5) is 5.69 Å². The number of nitrogens with zero attached hydrogens (tertiary/aromatic N) is 3. The van der Waals surface area contributed by atoms with E-state index in [0.717, 1.165) is 5.56 Å². The number of hydrogen-bond donors (Lipinski definition) is 0. The Hall–Kier alpha value is -2.57. The van der Waals surface area contributed by atoms with Gasteiger partial charge in [-0.1, -0.05) is 54.2 Å². The number of ether oxygens (including phenoxy) is 1. The Balaban J connectivity index is 1.79. The molecule has 4 rings (SSSR count). The zero-order chi connectivity index (χ0) is 21.1. The van der Waals surface area contributed by atoms with E-state index in [1.165, 1.54) is 21.1 Å². The predicted octanol–water partition coefficient (Wildman–Crippen LogP) is 4.01. The molecule has 2 aromatic rings. The smallest absolute Gasteiger partial charge is 0.326 e. The molecule has 2 aromatic carbocycles. The first-order chi connectivity index (χ1) is 14.6. The van der Waals surface area contributed by atoms with Crippen molar-refractivity contribution in [3.05, 3.63) is 65.7 Å². The van der Waals surface area contributed by atoms with Crippen LogP contribution >= 0.6 is 19.2 Å². The second-order valence-corrected chi connectivity index (χ2v) is 10.6. The molecule has 7 nitrogen and oxygen atoms in total. The number of amides is 1. The van der Waals surface area contributed by atoms with Gasteiger partial charge in [0, 0.05) is 12.3 Å². The third-order valence-electron chi connectivity index (χ3n) is 4.91. The van der Waals surface area contributed by atoms with Crippen molar-refractivity contribution >= 4 is 41.6 Å². The molecule has 9 heteroatoms. The van der Waals surface area contributed by atoms with Gasteiger partial charge in [0.25, 0.3) is 5.91 Å². The van der Waals surface area contributed by atoms with Gasteiger partial charge < -0.3 is 4.74 Å². The number of carbonyl (C=O) groups excluding carboxylic acids is 2. The van der Waals surface area contributed by atoms with Crippen molar-refractivity contribution in [2.45, 2.75) is 13.5 Å². The third kappa shape index (κ3) is 3.66. The fourth-order valence-electron chi connectivity index (χ4n) is 3.56. The number of hydrogen-bond acceptors (Lipinski definition) is 6. The lowest BCUT2D eigenvalue weighted by molar-refractivity contribution is -0.141. The van der Waals surface area contributed by atoms with E-state index in [1.54, 1.807) is 31.2 Å². The summed E-state index contributed by atoms with van der Waals surface area (Å²) in [5.41, 5.74) is 1.89. The van der Waals surface area contributed by atoms with Gasteiger partial charge in [-0.25, -0.2) is 0 Å². The highest BCUT2D eigenvalue weighted by Crippen LogP contribution is 2.64. The van der Waals surface area contributed by atoms with E-state index in [-0.39, 0.29) is 19.1 Å². The van der Waals surface area contributed by atoms with Crippen LogP contribution in [0.2, 0.25) is 0 Å². The zero-order valence-electron chi connectivity index (χ0n) is 16.6. The van der Waals surface area contributed by atoms with Crippen molar-refractivity contribution in [1.29, 1.82) is 0 Å². The van der Waals surface area contributed by atoms with Gasteiger partial charge in [-0.2, -0.15) is 0 Å². The summed E-state index contributed by atoms with van der Waals surface area (Å²) in [5, 5.41) is 0. The molecule has 0 radical (unpaired) electrons. The molecular formula is C21H22N3O4PS. The van der Waals surface area contributed by atoms with Gasteiger partial charge in [0.15, 0.2) is 4.78 Å². The summed E-state index contributed by atoms with van der Waals surface area (Å²) in [4.78, 5) is 30.6. The van der Waals surface area contributed by atoms with E-state index in [0.29, 0.717) is 34.9 Å². The Morgan fingerprint density at radius 2 is 1.90 bits per heavy atom. The van der Waals surface area contributed by atoms with Crippen molar-refractivity contribution in [3.63, 3.8) is 0 Å². The van der Waals surface area contributed by atoms with E-state index in [1.807, 2.05) is 30.3 Å². The van der Waals surface area contributed by atoms with Gasteiger partial charge in [-0.15, -0.1) is 0 Å². The Labute approximate surface area is 179 Å². The molecule has 2 aliphatic heterocycles. The maximum absolute atomic E-state index is 14.5. The Morgan fingerprint density at radius 3 is 2.67 bits per heavy atom. The van der Waals surface area contributed by atoms with Gasteiger partial charge in [-0.3, -0.25) is 28.5 Å². The molecule has 0 N–H and O–H groups in total. The molecule has 30 heavy (non-hydrogen) atoms. The van der Waals surface area contributed by atoms with Gasteiger partial charge in [-0.05, 0) is 24.6 Å². The molecular weight excluding hydrogens is 421 g/mol. The standard InChI is InChI=1S/C21H22N3O4PS/c1-2-28-19(25)15-24-18-11-7-6-10-17(18)20(26)23-12-13-30-21(29(23,24)27)22-14-16-8-4-3-5-9-16/h3-11H,2,12-15H2,1H3. The second-order valence-electron chi connectivity index (χ2n) is 6.79. The summed E-state index contributed by atoms with van der Waals surface area (Å²) >= 11 is 1.39. The highest BCUT2D eigenvalue weighted by atomic mass is 32.2. The van der Waals surface area contributed by atoms with Crippen LogP contribution in [0.15, 0.2) is 59.6 Å². The van der Waals surface area contributed by atoms with Crippen LogP contribution in [0.25, 0.3) is 0 Å². The first-order valence-electron chi connectivity index (χ1n) is 9.72. The predicted molar refractivity (Wildman–Crippen MR) is 119 cm³/mol. The quantitative estimate of drug-likeness (QED) is 0.513. The van der Waals surface area contributed by atoms with Gasteiger partial charge >= 0.3 is 13.4 Å². The van der Waals surface area contributed by atoms with Crippen LogP contribution in [-0.4, -0.2) is 46.8 Å². The summed E-state index contributed by atoms with van der Waals surface area (Å²) in [6, 6.07) is 16.6. The van der Waals surface area contributed by atoms with E-state index in [4.69, 9.17) is 4.74 Å². The fraction of sp³-hybridized carbons (Fsp3) is 0.286. The van der Waals surface area contributed by atoms with E-state index >= 15 is 0 Å². The molecule has 0 aromatic heterocycles. The van der Waals surface area contributed by atoms with Crippen LogP contribution in [0.5, 0.6) is 0 Å². The Kier molecular flexibility index (Phi) is 5.97. The first kappa shape index (κ1) is 20.7. The van der Waals surface area contributed by atoms with Crippen LogP contribution < -0.4 is 4.67 Å². The van der Waals surface area contributed by atoms with Crippen molar-refractivity contribution in [3.8, 4) is 0 Å². The zero-order valence-corrected chi connectivity index (χ0v) is 18.3. The van der Waals surface area contributed by atoms with Crippen molar-refractivity contribution in [2.75, 3.05) is 30.1 Å². The van der Waals surface area contributed by atoms with Gasteiger partial charge in [0.2, 0.25) is 0 Å². The SMILES string of the molecule is CCOC(=O)CN1c2ccccc2C(=O)N2CCSC(=NCc3ccccc3)P21=O. The number of fused-ring (bicyclic) bond motifs is 2. The van der Waals surface area contributed by atoms with Crippen LogP contribution in [-0.2, 0) is 20.6 Å². The number of para-hydroxylation sites is 1. The van der Waals surface area contributed by atoms with E-state index < -0.39 is 13.4 Å². The summed E-state index contributed by atoms with van der Waals surface area (Å²) in [6.45, 7) is 2.42. The van der Waals surface area contributed by atoms with Crippen molar-refractivity contribution in [1.82, 2.24) is 4.67 Å². The summed E-state index contributed by atoms with van der Waals surface area (Å²) in [6.07, 6.45) is 0. The minimum Gasteiger partial charge on any atom is -0.465 e. The fourth-order valence-corrected chi connectivity index (χ4v) is 8.27. The van der Waals surface area contributed by atoms with Crippen LogP contribution in [0, 0.1) is 0 Å². The minimum atomic E-state index is -3.61. The molecule has 1 unspecified atom stereocenters. The number of esters is 1. The maximum Gasteiger partial charge on any atom is 0.326 e. The van der Waals surface area contributed by atoms with Crippen molar-refractivity contribution in [2.24, 2.45) is 4.99 Å². The Morgan fingerprint density at radius 1 is 1.17 bits per heavy atom. The highest BCUT2D eigenvalue weighted by molar-refractivity contribution is 8.27. The first-order valence-corrected chi connectivity index (χ1v) is 12.3. The van der Waals surface area contributed by atoms with E-state index in [2.05, 4.69) is 4.99 Å². The molecule has 1 amide bonds. The lowest BCUT2D eigenvalue weighted by atomic mass is 10.1. The molecule has 1 saturated heterocycles. The lowest BCUT2D eigenvalue weighted by Crippen LogP contribution is -2.48. The second kappa shape index (κ2) is 8.66. The molecule has 156 valence electrons. The summed E-state index contributed by atoms with van der Waals surface area (Å²) in [5.74, 6) is -0.185. The summed E-state index contributed by atoms with van der Waals surface area (Å²) in [7, 11) is -3.61. The van der Waals surface area contributed by atoms with Crippen molar-refractivity contribution < 1.29 is 18.9 Å². The highest BCUT2D eigenvalue weighted by Gasteiger charge is 2.52.